The van der Waals surface area contributed by atoms with Gasteiger partial charge in [0.25, 0.3) is 0 Å². The number of Topliss-reactive ketones (excluding diaryl/α,β-unsaturated/α-hetero) is 1. The molecule has 1 aromatic carbocycles. The standard InChI is InChI=1S/C17H27NO2/c1-7-17(5,18(8-2)9-3)16(19)14-12-13(4)10-11-15(14)20-6/h10-12H,7-9H2,1-6H3. The minimum atomic E-state index is -0.482. The van der Waals surface area contributed by atoms with Crippen LogP contribution in [0.4, 0.5) is 0 Å². The maximum atomic E-state index is 13.1. The third-order valence-electron chi connectivity index (χ3n) is 4.24. The zero-order valence-electron chi connectivity index (χ0n) is 13.6. The molecule has 3 nitrogen and oxygen atoms in total. The quantitative estimate of drug-likeness (QED) is 0.712. The maximum absolute atomic E-state index is 13.1. The van der Waals surface area contributed by atoms with Crippen molar-refractivity contribution in [1.29, 1.82) is 0 Å². The van der Waals surface area contributed by atoms with Gasteiger partial charge in [0, 0.05) is 0 Å². The third kappa shape index (κ3) is 3.04. The van der Waals surface area contributed by atoms with E-state index in [1.54, 1.807) is 7.11 Å². The van der Waals surface area contributed by atoms with Crippen LogP contribution in [0, 0.1) is 6.92 Å². The second-order valence-electron chi connectivity index (χ2n) is 5.33. The van der Waals surface area contributed by atoms with Crippen LogP contribution >= 0.6 is 0 Å². The van der Waals surface area contributed by atoms with E-state index < -0.39 is 5.54 Å². The first kappa shape index (κ1) is 16.7. The number of methoxy groups -OCH3 is 1. The molecular formula is C17H27NO2. The fraction of sp³-hybridized carbons (Fsp3) is 0.588. The lowest BCUT2D eigenvalue weighted by atomic mass is 9.86. The van der Waals surface area contributed by atoms with E-state index in [1.807, 2.05) is 32.0 Å². The first-order chi connectivity index (χ1) is 9.44. The number of ketones is 1. The number of hydrogen-bond donors (Lipinski definition) is 0. The topological polar surface area (TPSA) is 29.5 Å². The number of likely N-dealkylation sites (N-methyl/N-ethyl adjacent to an activating group) is 1. The largest absolute Gasteiger partial charge is 0.496 e. The molecule has 0 saturated carbocycles. The summed E-state index contributed by atoms with van der Waals surface area (Å²) >= 11 is 0. The lowest BCUT2D eigenvalue weighted by molar-refractivity contribution is 0.0604. The monoisotopic (exact) mass is 277 g/mol. The molecular weight excluding hydrogens is 250 g/mol. The Morgan fingerprint density at radius 1 is 1.25 bits per heavy atom. The minimum absolute atomic E-state index is 0.143. The van der Waals surface area contributed by atoms with Gasteiger partial charge in [0.15, 0.2) is 5.78 Å². The molecule has 1 atom stereocenters. The van der Waals surface area contributed by atoms with Crippen LogP contribution in [0.2, 0.25) is 0 Å². The molecule has 0 radical (unpaired) electrons. The van der Waals surface area contributed by atoms with Gasteiger partial charge >= 0.3 is 0 Å². The molecule has 1 rings (SSSR count). The van der Waals surface area contributed by atoms with Crippen molar-refractivity contribution in [1.82, 2.24) is 4.90 Å². The Kier molecular flexibility index (Phi) is 5.75. The lowest BCUT2D eigenvalue weighted by Gasteiger charge is -2.38. The molecule has 0 aliphatic rings. The number of rotatable bonds is 7. The van der Waals surface area contributed by atoms with Crippen molar-refractivity contribution in [3.63, 3.8) is 0 Å². The van der Waals surface area contributed by atoms with E-state index in [4.69, 9.17) is 4.74 Å². The Balaban J connectivity index is 3.30. The zero-order valence-corrected chi connectivity index (χ0v) is 13.6. The summed E-state index contributed by atoms with van der Waals surface area (Å²) in [6.07, 6.45) is 0.782. The van der Waals surface area contributed by atoms with Gasteiger partial charge in [-0.1, -0.05) is 32.4 Å². The Bertz CT molecular complexity index is 466. The van der Waals surface area contributed by atoms with Crippen LogP contribution in [0.3, 0.4) is 0 Å². The third-order valence-corrected chi connectivity index (χ3v) is 4.24. The summed E-state index contributed by atoms with van der Waals surface area (Å²) < 4.78 is 5.37. The summed E-state index contributed by atoms with van der Waals surface area (Å²) in [6.45, 7) is 12.0. The zero-order chi connectivity index (χ0) is 15.3. The highest BCUT2D eigenvalue weighted by Gasteiger charge is 2.37. The molecule has 0 aromatic heterocycles. The molecule has 0 fully saturated rings. The Hall–Kier alpha value is -1.35. The van der Waals surface area contributed by atoms with Crippen molar-refractivity contribution in [3.05, 3.63) is 29.3 Å². The average molecular weight is 277 g/mol. The Labute approximate surface area is 122 Å². The summed E-state index contributed by atoms with van der Waals surface area (Å²) in [5.41, 5.74) is 1.28. The van der Waals surface area contributed by atoms with Gasteiger partial charge in [-0.25, -0.2) is 0 Å². The van der Waals surface area contributed by atoms with Gasteiger partial charge in [-0.3, -0.25) is 9.69 Å². The molecule has 20 heavy (non-hydrogen) atoms. The van der Waals surface area contributed by atoms with E-state index in [-0.39, 0.29) is 5.78 Å². The maximum Gasteiger partial charge on any atom is 0.186 e. The van der Waals surface area contributed by atoms with Crippen molar-refractivity contribution in [3.8, 4) is 5.75 Å². The van der Waals surface area contributed by atoms with Crippen LogP contribution in [0.15, 0.2) is 18.2 Å². The van der Waals surface area contributed by atoms with E-state index in [0.717, 1.165) is 25.1 Å². The highest BCUT2D eigenvalue weighted by molar-refractivity contribution is 6.05. The van der Waals surface area contributed by atoms with Crippen LogP contribution in [-0.4, -0.2) is 36.4 Å². The number of aryl methyl sites for hydroxylation is 1. The second kappa shape index (κ2) is 6.89. The van der Waals surface area contributed by atoms with E-state index >= 15 is 0 Å². The van der Waals surface area contributed by atoms with Crippen LogP contribution in [-0.2, 0) is 0 Å². The normalized spacial score (nSPS) is 14.2. The molecule has 3 heteroatoms. The molecule has 0 spiro atoms. The fourth-order valence-electron chi connectivity index (χ4n) is 2.74. The molecule has 112 valence electrons. The average Bonchev–Trinajstić information content (AvgIpc) is 2.47. The summed E-state index contributed by atoms with van der Waals surface area (Å²) in [4.78, 5) is 15.3. The van der Waals surface area contributed by atoms with Crippen LogP contribution in [0.5, 0.6) is 5.75 Å². The predicted molar refractivity (Wildman–Crippen MR) is 83.7 cm³/mol. The number of carbonyl (C=O) groups is 1. The molecule has 1 unspecified atom stereocenters. The highest BCUT2D eigenvalue weighted by atomic mass is 16.5. The number of nitrogens with zero attached hydrogens (tertiary/aromatic N) is 1. The fourth-order valence-corrected chi connectivity index (χ4v) is 2.74. The smallest absolute Gasteiger partial charge is 0.186 e. The Morgan fingerprint density at radius 2 is 1.85 bits per heavy atom. The Morgan fingerprint density at radius 3 is 2.30 bits per heavy atom. The van der Waals surface area contributed by atoms with Crippen molar-refractivity contribution in [2.45, 2.75) is 46.6 Å². The summed E-state index contributed by atoms with van der Waals surface area (Å²) in [5, 5.41) is 0. The van der Waals surface area contributed by atoms with Gasteiger partial charge in [0.1, 0.15) is 5.75 Å². The molecule has 0 heterocycles. The number of ether oxygens (including phenoxy) is 1. The van der Waals surface area contributed by atoms with Gasteiger partial charge in [-0.15, -0.1) is 0 Å². The predicted octanol–water partition coefficient (Wildman–Crippen LogP) is 3.70. The van der Waals surface area contributed by atoms with E-state index in [1.165, 1.54) is 0 Å². The molecule has 0 saturated heterocycles. The highest BCUT2D eigenvalue weighted by Crippen LogP contribution is 2.29. The number of carbonyl (C=O) groups excluding carboxylic acids is 1. The van der Waals surface area contributed by atoms with Crippen LogP contribution in [0.1, 0.15) is 50.0 Å². The molecule has 0 aliphatic heterocycles. The second-order valence-corrected chi connectivity index (χ2v) is 5.33. The van der Waals surface area contributed by atoms with Crippen LogP contribution in [0.25, 0.3) is 0 Å². The molecule has 1 aromatic rings. The van der Waals surface area contributed by atoms with Crippen molar-refractivity contribution < 1.29 is 9.53 Å². The van der Waals surface area contributed by atoms with E-state index in [2.05, 4.69) is 25.7 Å². The summed E-state index contributed by atoms with van der Waals surface area (Å²) in [5.74, 6) is 0.802. The van der Waals surface area contributed by atoms with Gasteiger partial charge < -0.3 is 4.74 Å². The SMILES string of the molecule is CCN(CC)C(C)(CC)C(=O)c1cc(C)ccc1OC. The van der Waals surface area contributed by atoms with E-state index in [0.29, 0.717) is 11.3 Å². The summed E-state index contributed by atoms with van der Waals surface area (Å²) in [7, 11) is 1.61. The summed E-state index contributed by atoms with van der Waals surface area (Å²) in [6, 6.07) is 5.77. The van der Waals surface area contributed by atoms with Crippen molar-refractivity contribution in [2.75, 3.05) is 20.2 Å². The number of hydrogen-bond acceptors (Lipinski definition) is 3. The molecule has 0 aliphatic carbocycles. The van der Waals surface area contributed by atoms with Gasteiger partial charge in [-0.2, -0.15) is 0 Å². The number of benzene rings is 1. The van der Waals surface area contributed by atoms with E-state index in [9.17, 15) is 4.79 Å². The van der Waals surface area contributed by atoms with Gasteiger partial charge in [0.2, 0.25) is 0 Å². The van der Waals surface area contributed by atoms with Crippen molar-refractivity contribution >= 4 is 5.78 Å². The first-order valence-corrected chi connectivity index (χ1v) is 7.39. The molecule has 0 amide bonds. The lowest BCUT2D eigenvalue weighted by Crippen LogP contribution is -2.52. The molecule has 0 bridgehead atoms. The van der Waals surface area contributed by atoms with Crippen LogP contribution < -0.4 is 4.74 Å². The van der Waals surface area contributed by atoms with Gasteiger partial charge in [0.05, 0.1) is 18.2 Å². The van der Waals surface area contributed by atoms with Gasteiger partial charge in [-0.05, 0) is 45.5 Å². The minimum Gasteiger partial charge on any atom is -0.496 e. The molecule has 0 N–H and O–H groups in total. The van der Waals surface area contributed by atoms with Crippen molar-refractivity contribution in [2.24, 2.45) is 0 Å². The first-order valence-electron chi connectivity index (χ1n) is 7.39.